The first kappa shape index (κ1) is 18.3. The van der Waals surface area contributed by atoms with Gasteiger partial charge in [0.15, 0.2) is 5.82 Å². The summed E-state index contributed by atoms with van der Waals surface area (Å²) in [5, 5.41) is 3.95. The molecule has 3 heterocycles. The third kappa shape index (κ3) is 4.37. The van der Waals surface area contributed by atoms with E-state index in [0.717, 1.165) is 19.3 Å². The van der Waals surface area contributed by atoms with Crippen molar-refractivity contribution in [2.24, 2.45) is 0 Å². The third-order valence-corrected chi connectivity index (χ3v) is 4.79. The molecule has 0 aromatic carbocycles. The second kappa shape index (κ2) is 7.82. The topological polar surface area (TPSA) is 95.3 Å². The Bertz CT molecular complexity index is 828. The molecule has 1 amide bonds. The minimum absolute atomic E-state index is 0.0729. The smallest absolute Gasteiger partial charge is 0.254 e. The van der Waals surface area contributed by atoms with Crippen LogP contribution in [0.1, 0.15) is 47.0 Å². The number of carbonyl (C=O) groups excluding carboxylic acids is 1. The van der Waals surface area contributed by atoms with E-state index in [9.17, 15) is 9.59 Å². The Kier molecular flexibility index (Phi) is 5.51. The molecule has 0 radical (unpaired) electrons. The van der Waals surface area contributed by atoms with Gasteiger partial charge in [-0.1, -0.05) is 5.16 Å². The molecule has 8 heteroatoms. The number of hydrogen-bond donors (Lipinski definition) is 1. The Morgan fingerprint density at radius 3 is 2.85 bits per heavy atom. The van der Waals surface area contributed by atoms with Crippen LogP contribution in [0.2, 0.25) is 0 Å². The number of hydrogen-bond acceptors (Lipinski definition) is 6. The summed E-state index contributed by atoms with van der Waals surface area (Å²) >= 11 is 0. The van der Waals surface area contributed by atoms with Crippen LogP contribution in [0.3, 0.4) is 0 Å². The van der Waals surface area contributed by atoms with Crippen LogP contribution >= 0.6 is 0 Å². The summed E-state index contributed by atoms with van der Waals surface area (Å²) in [6, 6.07) is 3.46. The minimum Gasteiger partial charge on any atom is -0.340 e. The molecule has 0 bridgehead atoms. The van der Waals surface area contributed by atoms with E-state index >= 15 is 0 Å². The second-order valence-corrected chi connectivity index (χ2v) is 6.94. The lowest BCUT2D eigenvalue weighted by atomic mass is 10.1. The van der Waals surface area contributed by atoms with Gasteiger partial charge in [0.05, 0.1) is 6.54 Å². The monoisotopic (exact) mass is 359 g/mol. The number of carbonyl (C=O) groups is 1. The molecule has 1 unspecified atom stereocenters. The summed E-state index contributed by atoms with van der Waals surface area (Å²) < 4.78 is 5.03. The van der Waals surface area contributed by atoms with Gasteiger partial charge in [0, 0.05) is 43.4 Å². The van der Waals surface area contributed by atoms with Gasteiger partial charge in [0.2, 0.25) is 11.4 Å². The number of nitrogens with one attached hydrogen (secondary N) is 1. The number of likely N-dealkylation sites (tertiary alicyclic amines) is 1. The molecule has 3 rings (SSSR count). The fraction of sp³-hybridized carbons (Fsp3) is 0.556. The lowest BCUT2D eigenvalue weighted by Crippen LogP contribution is -2.35. The second-order valence-electron chi connectivity index (χ2n) is 6.94. The van der Waals surface area contributed by atoms with E-state index in [1.165, 1.54) is 6.07 Å². The molecule has 2 aromatic heterocycles. The Balaban J connectivity index is 1.62. The van der Waals surface area contributed by atoms with Crippen molar-refractivity contribution in [2.45, 2.75) is 45.7 Å². The molecule has 140 valence electrons. The standard InChI is InChI=1S/C18H25N5O3/c1-12-9-14(10-17(24)19-12)18(25)23-7-4-5-15(6-8-23)22(3)11-16-20-13(2)26-21-16/h9-10,15H,4-8,11H2,1-3H3,(H,19,24). The number of aromatic amines is 1. The number of rotatable bonds is 4. The largest absolute Gasteiger partial charge is 0.340 e. The zero-order valence-corrected chi connectivity index (χ0v) is 15.5. The van der Waals surface area contributed by atoms with E-state index in [0.29, 0.717) is 48.6 Å². The van der Waals surface area contributed by atoms with Crippen molar-refractivity contribution in [1.82, 2.24) is 24.9 Å². The zero-order chi connectivity index (χ0) is 18.7. The fourth-order valence-electron chi connectivity index (χ4n) is 3.47. The van der Waals surface area contributed by atoms with Gasteiger partial charge in [-0.05, 0) is 39.3 Å². The molecule has 2 aromatic rings. The summed E-state index contributed by atoms with van der Waals surface area (Å²) in [5.41, 5.74) is 0.917. The molecule has 1 atom stereocenters. The number of aryl methyl sites for hydroxylation is 2. The summed E-state index contributed by atoms with van der Waals surface area (Å²) in [6.45, 7) is 5.57. The maximum Gasteiger partial charge on any atom is 0.254 e. The molecule has 1 fully saturated rings. The van der Waals surface area contributed by atoms with Crippen molar-refractivity contribution in [3.05, 3.63) is 45.5 Å². The van der Waals surface area contributed by atoms with E-state index in [2.05, 4.69) is 20.0 Å². The van der Waals surface area contributed by atoms with Gasteiger partial charge in [-0.3, -0.25) is 14.5 Å². The van der Waals surface area contributed by atoms with Gasteiger partial charge < -0.3 is 14.4 Å². The van der Waals surface area contributed by atoms with Crippen LogP contribution in [0.5, 0.6) is 0 Å². The average Bonchev–Trinajstić information content (AvgIpc) is 2.84. The third-order valence-electron chi connectivity index (χ3n) is 4.79. The Hall–Kier alpha value is -2.48. The highest BCUT2D eigenvalue weighted by atomic mass is 16.5. The summed E-state index contributed by atoms with van der Waals surface area (Å²) in [7, 11) is 2.05. The molecular weight excluding hydrogens is 334 g/mol. The highest BCUT2D eigenvalue weighted by Gasteiger charge is 2.24. The minimum atomic E-state index is -0.240. The molecule has 1 aliphatic heterocycles. The van der Waals surface area contributed by atoms with Crippen molar-refractivity contribution < 1.29 is 9.32 Å². The van der Waals surface area contributed by atoms with Gasteiger partial charge >= 0.3 is 0 Å². The van der Waals surface area contributed by atoms with E-state index in [4.69, 9.17) is 4.52 Å². The Morgan fingerprint density at radius 1 is 1.35 bits per heavy atom. The predicted molar refractivity (Wildman–Crippen MR) is 95.8 cm³/mol. The molecule has 1 saturated heterocycles. The number of H-pyrrole nitrogens is 1. The number of nitrogens with zero attached hydrogens (tertiary/aromatic N) is 4. The van der Waals surface area contributed by atoms with Crippen molar-refractivity contribution in [3.63, 3.8) is 0 Å². The first-order chi connectivity index (χ1) is 12.4. The van der Waals surface area contributed by atoms with E-state index in [-0.39, 0.29) is 11.5 Å². The van der Waals surface area contributed by atoms with E-state index in [1.807, 2.05) is 11.9 Å². The summed E-state index contributed by atoms with van der Waals surface area (Å²) in [4.78, 5) is 35.4. The fourth-order valence-corrected chi connectivity index (χ4v) is 3.47. The van der Waals surface area contributed by atoms with Crippen molar-refractivity contribution in [1.29, 1.82) is 0 Å². The Morgan fingerprint density at radius 2 is 2.15 bits per heavy atom. The van der Waals surface area contributed by atoms with Gasteiger partial charge in [0.25, 0.3) is 5.91 Å². The van der Waals surface area contributed by atoms with Crippen LogP contribution in [0.4, 0.5) is 0 Å². The first-order valence-corrected chi connectivity index (χ1v) is 8.92. The van der Waals surface area contributed by atoms with Crippen LogP contribution in [-0.2, 0) is 6.54 Å². The highest BCUT2D eigenvalue weighted by Crippen LogP contribution is 2.19. The number of pyridine rings is 1. The molecule has 1 N–H and O–H groups in total. The molecule has 0 saturated carbocycles. The lowest BCUT2D eigenvalue weighted by Gasteiger charge is -2.26. The maximum atomic E-state index is 12.8. The molecule has 1 aliphatic rings. The highest BCUT2D eigenvalue weighted by molar-refractivity contribution is 5.94. The molecule has 26 heavy (non-hydrogen) atoms. The van der Waals surface area contributed by atoms with Crippen LogP contribution in [0.25, 0.3) is 0 Å². The van der Waals surface area contributed by atoms with Crippen molar-refractivity contribution in [2.75, 3.05) is 20.1 Å². The van der Waals surface area contributed by atoms with Gasteiger partial charge in [-0.2, -0.15) is 4.98 Å². The van der Waals surface area contributed by atoms with E-state index < -0.39 is 0 Å². The summed E-state index contributed by atoms with van der Waals surface area (Å²) in [5.74, 6) is 1.18. The SMILES string of the molecule is Cc1cc(C(=O)N2CCCC(N(C)Cc3noc(C)n3)CC2)cc(=O)[nH]1. The number of amides is 1. The van der Waals surface area contributed by atoms with Crippen LogP contribution < -0.4 is 5.56 Å². The van der Waals surface area contributed by atoms with Gasteiger partial charge in [-0.25, -0.2) is 0 Å². The van der Waals surface area contributed by atoms with Crippen LogP contribution in [0, 0.1) is 13.8 Å². The average molecular weight is 359 g/mol. The number of aromatic nitrogens is 3. The van der Waals surface area contributed by atoms with Crippen molar-refractivity contribution in [3.8, 4) is 0 Å². The molecule has 0 spiro atoms. The quantitative estimate of drug-likeness (QED) is 0.889. The Labute approximate surface area is 152 Å². The molecule has 0 aliphatic carbocycles. The van der Waals surface area contributed by atoms with Crippen molar-refractivity contribution >= 4 is 5.91 Å². The summed E-state index contributed by atoms with van der Waals surface area (Å²) in [6.07, 6.45) is 2.81. The molecule has 8 nitrogen and oxygen atoms in total. The predicted octanol–water partition coefficient (Wildman–Crippen LogP) is 1.50. The van der Waals surface area contributed by atoms with Crippen LogP contribution in [-0.4, -0.2) is 57.0 Å². The zero-order valence-electron chi connectivity index (χ0n) is 15.5. The van der Waals surface area contributed by atoms with Gasteiger partial charge in [0.1, 0.15) is 0 Å². The normalized spacial score (nSPS) is 18.2. The first-order valence-electron chi connectivity index (χ1n) is 8.92. The lowest BCUT2D eigenvalue weighted by molar-refractivity contribution is 0.0757. The van der Waals surface area contributed by atoms with Crippen LogP contribution in [0.15, 0.2) is 21.5 Å². The van der Waals surface area contributed by atoms with Gasteiger partial charge in [-0.15, -0.1) is 0 Å². The molecular formula is C18H25N5O3. The van der Waals surface area contributed by atoms with E-state index in [1.54, 1.807) is 19.9 Å². The maximum absolute atomic E-state index is 12.8.